The minimum atomic E-state index is -4.65. The first-order chi connectivity index (χ1) is 15.9. The summed E-state index contributed by atoms with van der Waals surface area (Å²) in [5.41, 5.74) is -1.11. The quantitative estimate of drug-likeness (QED) is 0.343. The standard InChI is InChI=1S/C22H24F3N5O3S/c1-13(11-21(2,3)30-20(31)32)12-33-17-5-4-14(10-15(17)22(23,24)25)16-6-7-26-18(28-16)29-19-27-8-9-34-19/h4-10,13,30H,11-12H2,1-3H3,(H,31,32)(H,26,27,28,29)/t13-/m0/s1. The molecule has 182 valence electrons. The number of alkyl halides is 3. The molecule has 3 aromatic rings. The van der Waals surface area contributed by atoms with Crippen molar-refractivity contribution in [2.75, 3.05) is 11.9 Å². The van der Waals surface area contributed by atoms with Gasteiger partial charge in [0.2, 0.25) is 5.95 Å². The Morgan fingerprint density at radius 1 is 1.21 bits per heavy atom. The number of nitrogens with zero attached hydrogens (tertiary/aromatic N) is 3. The van der Waals surface area contributed by atoms with Crippen molar-refractivity contribution in [3.8, 4) is 17.0 Å². The second kappa shape index (κ2) is 10.2. The van der Waals surface area contributed by atoms with E-state index in [1.165, 1.54) is 35.7 Å². The van der Waals surface area contributed by atoms with Crippen LogP contribution in [0.15, 0.2) is 42.0 Å². The first-order valence-corrected chi connectivity index (χ1v) is 11.2. The highest BCUT2D eigenvalue weighted by molar-refractivity contribution is 7.13. The summed E-state index contributed by atoms with van der Waals surface area (Å²) in [7, 11) is 0. The van der Waals surface area contributed by atoms with Gasteiger partial charge in [0.05, 0.1) is 17.9 Å². The van der Waals surface area contributed by atoms with Gasteiger partial charge in [-0.15, -0.1) is 11.3 Å². The van der Waals surface area contributed by atoms with Crippen molar-refractivity contribution in [3.05, 3.63) is 47.6 Å². The molecule has 0 aliphatic heterocycles. The Morgan fingerprint density at radius 3 is 2.62 bits per heavy atom. The molecule has 0 bridgehead atoms. The number of aromatic nitrogens is 3. The molecule has 1 atom stereocenters. The van der Waals surface area contributed by atoms with Crippen molar-refractivity contribution in [1.82, 2.24) is 20.3 Å². The van der Waals surface area contributed by atoms with Crippen LogP contribution in [0.1, 0.15) is 32.8 Å². The molecule has 0 radical (unpaired) electrons. The molecule has 8 nitrogen and oxygen atoms in total. The Kier molecular flexibility index (Phi) is 7.60. The maximum Gasteiger partial charge on any atom is 0.419 e. The van der Waals surface area contributed by atoms with Crippen LogP contribution in [0.25, 0.3) is 11.3 Å². The third-order valence-electron chi connectivity index (χ3n) is 4.71. The number of ether oxygens (including phenoxy) is 1. The Hall–Kier alpha value is -3.41. The smallest absolute Gasteiger partial charge is 0.419 e. The summed E-state index contributed by atoms with van der Waals surface area (Å²) in [5, 5.41) is 16.5. The number of benzene rings is 1. The van der Waals surface area contributed by atoms with Gasteiger partial charge >= 0.3 is 12.3 Å². The normalized spacial score (nSPS) is 12.8. The van der Waals surface area contributed by atoms with Crippen LogP contribution in [0, 0.1) is 5.92 Å². The molecule has 2 heterocycles. The predicted molar refractivity (Wildman–Crippen MR) is 122 cm³/mol. The van der Waals surface area contributed by atoms with Gasteiger partial charge in [-0.3, -0.25) is 0 Å². The van der Waals surface area contributed by atoms with E-state index in [1.807, 2.05) is 0 Å². The van der Waals surface area contributed by atoms with Crippen LogP contribution in [0.5, 0.6) is 5.75 Å². The molecule has 3 N–H and O–H groups in total. The van der Waals surface area contributed by atoms with Gasteiger partial charge in [0, 0.05) is 28.9 Å². The summed E-state index contributed by atoms with van der Waals surface area (Å²) < 4.78 is 46.9. The van der Waals surface area contributed by atoms with Crippen molar-refractivity contribution in [2.24, 2.45) is 5.92 Å². The lowest BCUT2D eigenvalue weighted by molar-refractivity contribution is -0.139. The van der Waals surface area contributed by atoms with E-state index in [1.54, 1.807) is 32.3 Å². The lowest BCUT2D eigenvalue weighted by Gasteiger charge is -2.28. The van der Waals surface area contributed by atoms with Gasteiger partial charge in [0.25, 0.3) is 0 Å². The molecule has 0 aliphatic rings. The third-order valence-corrected chi connectivity index (χ3v) is 5.40. The lowest BCUT2D eigenvalue weighted by atomic mass is 9.92. The van der Waals surface area contributed by atoms with Crippen molar-refractivity contribution >= 4 is 28.5 Å². The summed E-state index contributed by atoms with van der Waals surface area (Å²) >= 11 is 1.34. The number of nitrogens with one attached hydrogen (secondary N) is 2. The second-order valence-corrected chi connectivity index (χ2v) is 9.27. The van der Waals surface area contributed by atoms with Gasteiger partial charge in [-0.25, -0.2) is 19.7 Å². The number of carbonyl (C=O) groups is 1. The Bertz CT molecular complexity index is 1120. The van der Waals surface area contributed by atoms with Crippen LogP contribution >= 0.6 is 11.3 Å². The van der Waals surface area contributed by atoms with Gasteiger partial charge in [-0.1, -0.05) is 6.92 Å². The van der Waals surface area contributed by atoms with Crippen LogP contribution in [-0.2, 0) is 6.18 Å². The maximum atomic E-state index is 13.8. The first kappa shape index (κ1) is 25.2. The topological polar surface area (TPSA) is 109 Å². The van der Waals surface area contributed by atoms with Crippen LogP contribution in [0.4, 0.5) is 29.0 Å². The first-order valence-electron chi connectivity index (χ1n) is 10.3. The molecular formula is C22H24F3N5O3S. The number of hydrogen-bond donors (Lipinski definition) is 3. The Balaban J connectivity index is 1.78. The minimum Gasteiger partial charge on any atom is -0.493 e. The van der Waals surface area contributed by atoms with Gasteiger partial charge < -0.3 is 20.5 Å². The minimum absolute atomic E-state index is 0.0114. The Morgan fingerprint density at radius 2 is 1.97 bits per heavy atom. The molecular weight excluding hydrogens is 471 g/mol. The maximum absolute atomic E-state index is 13.8. The summed E-state index contributed by atoms with van der Waals surface area (Å²) in [6.07, 6.45) is -2.37. The average Bonchev–Trinajstić information content (AvgIpc) is 3.23. The van der Waals surface area contributed by atoms with Gasteiger partial charge in [-0.05, 0) is 50.5 Å². The fourth-order valence-electron chi connectivity index (χ4n) is 3.50. The van der Waals surface area contributed by atoms with Gasteiger partial charge in [-0.2, -0.15) is 13.2 Å². The highest BCUT2D eigenvalue weighted by Gasteiger charge is 2.35. The number of carboxylic acid groups (broad SMARTS) is 1. The number of thiazole rings is 1. The van der Waals surface area contributed by atoms with E-state index >= 15 is 0 Å². The van der Waals surface area contributed by atoms with E-state index in [0.717, 1.165) is 6.07 Å². The van der Waals surface area contributed by atoms with E-state index in [2.05, 4.69) is 25.6 Å². The van der Waals surface area contributed by atoms with Crippen molar-refractivity contribution < 1.29 is 27.8 Å². The van der Waals surface area contributed by atoms with Crippen molar-refractivity contribution in [3.63, 3.8) is 0 Å². The molecule has 1 amide bonds. The summed E-state index contributed by atoms with van der Waals surface area (Å²) in [5.74, 6) is -0.293. The summed E-state index contributed by atoms with van der Waals surface area (Å²) in [6.45, 7) is 5.17. The number of hydrogen-bond acceptors (Lipinski definition) is 7. The highest BCUT2D eigenvalue weighted by atomic mass is 32.1. The fourth-order valence-corrected chi connectivity index (χ4v) is 4.02. The van der Waals surface area contributed by atoms with Crippen molar-refractivity contribution in [2.45, 2.75) is 38.9 Å². The zero-order valence-corrected chi connectivity index (χ0v) is 19.5. The van der Waals surface area contributed by atoms with Crippen LogP contribution in [-0.4, -0.2) is 38.3 Å². The number of anilines is 2. The molecule has 12 heteroatoms. The zero-order valence-electron chi connectivity index (χ0n) is 18.7. The average molecular weight is 496 g/mol. The molecule has 0 saturated carbocycles. The Labute approximate surface area is 198 Å². The van der Waals surface area contributed by atoms with Crippen LogP contribution in [0.2, 0.25) is 0 Å². The van der Waals surface area contributed by atoms with Gasteiger partial charge in [0.1, 0.15) is 5.75 Å². The SMILES string of the molecule is C[C@H](COc1ccc(-c2ccnc(Nc3nccs3)n2)cc1C(F)(F)F)CC(C)(C)NC(=O)O. The summed E-state index contributed by atoms with van der Waals surface area (Å²) in [6, 6.07) is 5.27. The third kappa shape index (κ3) is 7.04. The second-order valence-electron chi connectivity index (χ2n) is 8.37. The van der Waals surface area contributed by atoms with E-state index in [9.17, 15) is 18.0 Å². The van der Waals surface area contributed by atoms with E-state index in [0.29, 0.717) is 17.2 Å². The molecule has 0 saturated heterocycles. The molecule has 0 fully saturated rings. The monoisotopic (exact) mass is 495 g/mol. The molecule has 0 unspecified atom stereocenters. The molecule has 2 aromatic heterocycles. The number of halogens is 3. The zero-order chi connectivity index (χ0) is 24.9. The van der Waals surface area contributed by atoms with E-state index in [4.69, 9.17) is 9.84 Å². The molecule has 0 aliphatic carbocycles. The molecule has 0 spiro atoms. The number of amides is 1. The lowest BCUT2D eigenvalue weighted by Crippen LogP contribution is -2.44. The largest absolute Gasteiger partial charge is 0.493 e. The molecule has 1 aromatic carbocycles. The van der Waals surface area contributed by atoms with Crippen LogP contribution < -0.4 is 15.4 Å². The predicted octanol–water partition coefficient (Wildman–Crippen LogP) is 5.81. The van der Waals surface area contributed by atoms with Crippen LogP contribution in [0.3, 0.4) is 0 Å². The number of rotatable bonds is 9. The van der Waals surface area contributed by atoms with Gasteiger partial charge in [0.15, 0.2) is 5.13 Å². The molecule has 34 heavy (non-hydrogen) atoms. The summed E-state index contributed by atoms with van der Waals surface area (Å²) in [4.78, 5) is 23.3. The highest BCUT2D eigenvalue weighted by Crippen LogP contribution is 2.39. The fraction of sp³-hybridized carbons (Fsp3) is 0.364. The van der Waals surface area contributed by atoms with Crippen molar-refractivity contribution in [1.29, 1.82) is 0 Å². The molecule has 3 rings (SSSR count). The van der Waals surface area contributed by atoms with E-state index < -0.39 is 23.4 Å². The van der Waals surface area contributed by atoms with E-state index in [-0.39, 0.29) is 29.8 Å².